The van der Waals surface area contributed by atoms with Crippen LogP contribution in [0.2, 0.25) is 0 Å². The highest BCUT2D eigenvalue weighted by atomic mass is 32.2. The lowest BCUT2D eigenvalue weighted by molar-refractivity contribution is -0.113. The van der Waals surface area contributed by atoms with Gasteiger partial charge in [0.25, 0.3) is 5.91 Å². The molecule has 3 heterocycles. The normalized spacial score (nSPS) is 21.2. The largest absolute Gasteiger partial charge is 0.351 e. The second-order valence-corrected chi connectivity index (χ2v) is 6.39. The first-order valence-corrected chi connectivity index (χ1v) is 8.30. The summed E-state index contributed by atoms with van der Waals surface area (Å²) < 4.78 is 1.89. The van der Waals surface area contributed by atoms with Crippen LogP contribution in [-0.2, 0) is 11.3 Å². The van der Waals surface area contributed by atoms with E-state index in [1.54, 1.807) is 0 Å². The number of aromatic nitrogens is 2. The summed E-state index contributed by atoms with van der Waals surface area (Å²) in [5, 5.41) is 5.28. The van der Waals surface area contributed by atoms with Crippen molar-refractivity contribution >= 4 is 28.9 Å². The van der Waals surface area contributed by atoms with Gasteiger partial charge in [0, 0.05) is 31.4 Å². The van der Waals surface area contributed by atoms with Gasteiger partial charge in [-0.1, -0.05) is 0 Å². The minimum absolute atomic E-state index is 0.121. The number of aliphatic imine (C=N–C) groups is 1. The van der Waals surface area contributed by atoms with E-state index in [-0.39, 0.29) is 5.91 Å². The summed E-state index contributed by atoms with van der Waals surface area (Å²) in [5.41, 5.74) is 1.95. The number of carbonyl (C=O) groups excluding carboxylic acids is 1. The van der Waals surface area contributed by atoms with Gasteiger partial charge in [0.1, 0.15) is 0 Å². The fourth-order valence-electron chi connectivity index (χ4n) is 2.60. The van der Waals surface area contributed by atoms with Crippen molar-refractivity contribution in [1.29, 1.82) is 0 Å². The number of likely N-dealkylation sites (tertiary alicyclic amines) is 1. The number of hydrogen-bond acceptors (Lipinski definition) is 4. The zero-order chi connectivity index (χ0) is 14.8. The van der Waals surface area contributed by atoms with Gasteiger partial charge in [-0.3, -0.25) is 9.48 Å². The van der Waals surface area contributed by atoms with Crippen LogP contribution < -0.4 is 0 Å². The molecule has 3 rings (SSSR count). The van der Waals surface area contributed by atoms with Crippen molar-refractivity contribution in [2.24, 2.45) is 4.99 Å². The summed E-state index contributed by atoms with van der Waals surface area (Å²) in [7, 11) is 0. The SMILES string of the molecule is CCn1cc(/C=C2\SC(N3CCCCC3)=NC2=O)c(C)n1. The average Bonchev–Trinajstić information content (AvgIpc) is 3.04. The number of hydrogen-bond donors (Lipinski definition) is 0. The van der Waals surface area contributed by atoms with Gasteiger partial charge < -0.3 is 4.90 Å². The topological polar surface area (TPSA) is 50.5 Å². The molecule has 1 amide bonds. The lowest BCUT2D eigenvalue weighted by atomic mass is 10.1. The van der Waals surface area contributed by atoms with Crippen molar-refractivity contribution in [1.82, 2.24) is 14.7 Å². The monoisotopic (exact) mass is 304 g/mol. The molecule has 21 heavy (non-hydrogen) atoms. The summed E-state index contributed by atoms with van der Waals surface area (Å²) in [6.45, 7) is 6.88. The highest BCUT2D eigenvalue weighted by molar-refractivity contribution is 8.18. The van der Waals surface area contributed by atoms with Crippen LogP contribution in [0.5, 0.6) is 0 Å². The van der Waals surface area contributed by atoms with E-state index < -0.39 is 0 Å². The maximum absolute atomic E-state index is 12.1. The van der Waals surface area contributed by atoms with E-state index in [1.807, 2.05) is 23.9 Å². The smallest absolute Gasteiger partial charge is 0.286 e. The Morgan fingerprint density at radius 3 is 2.76 bits per heavy atom. The third kappa shape index (κ3) is 3.05. The third-order valence-corrected chi connectivity index (χ3v) is 4.88. The van der Waals surface area contributed by atoms with Gasteiger partial charge in [-0.05, 0) is 50.9 Å². The summed E-state index contributed by atoms with van der Waals surface area (Å²) >= 11 is 1.50. The highest BCUT2D eigenvalue weighted by Crippen LogP contribution is 2.31. The number of amidine groups is 1. The molecule has 0 aliphatic carbocycles. The number of amides is 1. The van der Waals surface area contributed by atoms with Crippen LogP contribution in [0, 0.1) is 6.92 Å². The third-order valence-electron chi connectivity index (χ3n) is 3.83. The molecular weight excluding hydrogens is 284 g/mol. The van der Waals surface area contributed by atoms with Crippen molar-refractivity contribution in [2.45, 2.75) is 39.7 Å². The second kappa shape index (κ2) is 6.05. The Labute approximate surface area is 129 Å². The second-order valence-electron chi connectivity index (χ2n) is 5.38. The number of nitrogens with zero attached hydrogens (tertiary/aromatic N) is 4. The molecule has 2 aliphatic heterocycles. The van der Waals surface area contributed by atoms with Crippen LogP contribution in [-0.4, -0.2) is 38.8 Å². The first-order valence-electron chi connectivity index (χ1n) is 7.49. The van der Waals surface area contributed by atoms with Crippen LogP contribution in [0.4, 0.5) is 0 Å². The summed E-state index contributed by atoms with van der Waals surface area (Å²) in [6.07, 6.45) is 7.56. The van der Waals surface area contributed by atoms with E-state index in [2.05, 4.69) is 21.9 Å². The van der Waals surface area contributed by atoms with Crippen molar-refractivity contribution in [2.75, 3.05) is 13.1 Å². The molecule has 0 aromatic carbocycles. The van der Waals surface area contributed by atoms with E-state index >= 15 is 0 Å². The molecule has 1 aromatic rings. The molecule has 0 atom stereocenters. The lowest BCUT2D eigenvalue weighted by Gasteiger charge is -2.27. The quantitative estimate of drug-likeness (QED) is 0.788. The molecule has 0 radical (unpaired) electrons. The Balaban J connectivity index is 1.77. The Kier molecular flexibility index (Phi) is 4.14. The van der Waals surface area contributed by atoms with Crippen molar-refractivity contribution in [3.05, 3.63) is 22.4 Å². The average molecular weight is 304 g/mol. The summed E-state index contributed by atoms with van der Waals surface area (Å²) in [6, 6.07) is 0. The molecule has 1 saturated heterocycles. The number of rotatable bonds is 2. The standard InChI is InChI=1S/C15H20N4OS/c1-3-19-10-12(11(2)17-19)9-13-14(20)16-15(21-13)18-7-5-4-6-8-18/h9-10H,3-8H2,1-2H3/b13-9-. The summed E-state index contributed by atoms with van der Waals surface area (Å²) in [4.78, 5) is 19.2. The van der Waals surface area contributed by atoms with Gasteiger partial charge in [0.15, 0.2) is 5.17 Å². The minimum atomic E-state index is -0.121. The zero-order valence-electron chi connectivity index (χ0n) is 12.5. The molecule has 0 bridgehead atoms. The fourth-order valence-corrected chi connectivity index (χ4v) is 3.55. The maximum Gasteiger partial charge on any atom is 0.286 e. The van der Waals surface area contributed by atoms with Gasteiger partial charge in [-0.25, -0.2) is 0 Å². The Morgan fingerprint density at radius 1 is 1.33 bits per heavy atom. The lowest BCUT2D eigenvalue weighted by Crippen LogP contribution is -2.33. The van der Waals surface area contributed by atoms with Gasteiger partial charge in [-0.2, -0.15) is 10.1 Å². The van der Waals surface area contributed by atoms with E-state index in [0.717, 1.165) is 36.1 Å². The Hall–Kier alpha value is -1.56. The predicted molar refractivity (Wildman–Crippen MR) is 86.1 cm³/mol. The van der Waals surface area contributed by atoms with Gasteiger partial charge >= 0.3 is 0 Å². The van der Waals surface area contributed by atoms with E-state index in [4.69, 9.17) is 0 Å². The molecule has 1 fully saturated rings. The molecule has 0 saturated carbocycles. The maximum atomic E-state index is 12.1. The fraction of sp³-hybridized carbons (Fsp3) is 0.533. The van der Waals surface area contributed by atoms with Crippen LogP contribution >= 0.6 is 11.8 Å². The van der Waals surface area contributed by atoms with E-state index in [0.29, 0.717) is 4.91 Å². The van der Waals surface area contributed by atoms with Crippen molar-refractivity contribution in [3.8, 4) is 0 Å². The van der Waals surface area contributed by atoms with Crippen LogP contribution in [0.25, 0.3) is 6.08 Å². The number of thioether (sulfide) groups is 1. The minimum Gasteiger partial charge on any atom is -0.351 e. The van der Waals surface area contributed by atoms with Gasteiger partial charge in [0.2, 0.25) is 0 Å². The predicted octanol–water partition coefficient (Wildman–Crippen LogP) is 2.67. The molecule has 1 aromatic heterocycles. The molecule has 112 valence electrons. The molecule has 2 aliphatic rings. The first kappa shape index (κ1) is 14.4. The number of carbonyl (C=O) groups is 1. The summed E-state index contributed by atoms with van der Waals surface area (Å²) in [5.74, 6) is -0.121. The molecule has 0 N–H and O–H groups in total. The van der Waals surface area contributed by atoms with Gasteiger partial charge in [0.05, 0.1) is 10.6 Å². The van der Waals surface area contributed by atoms with E-state index in [1.165, 1.54) is 31.0 Å². The van der Waals surface area contributed by atoms with Crippen molar-refractivity contribution in [3.63, 3.8) is 0 Å². The van der Waals surface area contributed by atoms with E-state index in [9.17, 15) is 4.79 Å². The van der Waals surface area contributed by atoms with Crippen molar-refractivity contribution < 1.29 is 4.79 Å². The molecule has 0 unspecified atom stereocenters. The van der Waals surface area contributed by atoms with Crippen LogP contribution in [0.15, 0.2) is 16.1 Å². The Bertz CT molecular complexity index is 611. The number of aryl methyl sites for hydroxylation is 2. The highest BCUT2D eigenvalue weighted by Gasteiger charge is 2.27. The van der Waals surface area contributed by atoms with Gasteiger partial charge in [-0.15, -0.1) is 0 Å². The number of piperidine rings is 1. The molecule has 0 spiro atoms. The zero-order valence-corrected chi connectivity index (χ0v) is 13.3. The first-order chi connectivity index (χ1) is 10.2. The molecule has 6 heteroatoms. The molecule has 5 nitrogen and oxygen atoms in total. The van der Waals surface area contributed by atoms with Crippen LogP contribution in [0.1, 0.15) is 37.4 Å². The van der Waals surface area contributed by atoms with Crippen LogP contribution in [0.3, 0.4) is 0 Å². The molecular formula is C15H20N4OS. The Morgan fingerprint density at radius 2 is 2.10 bits per heavy atom.